The summed E-state index contributed by atoms with van der Waals surface area (Å²) in [6.45, 7) is 0. The number of nitrogen functional groups attached to an aromatic ring is 1. The van der Waals surface area contributed by atoms with Crippen LogP contribution in [0.4, 0.5) is 5.95 Å². The van der Waals surface area contributed by atoms with Crippen molar-refractivity contribution in [3.05, 3.63) is 109 Å². The number of nitrogens with two attached hydrogens (primary N) is 1. The van der Waals surface area contributed by atoms with Crippen molar-refractivity contribution in [2.24, 2.45) is 0 Å². The van der Waals surface area contributed by atoms with E-state index in [4.69, 9.17) is 10.7 Å². The van der Waals surface area contributed by atoms with E-state index in [0.29, 0.717) is 11.6 Å². The third-order valence-electron chi connectivity index (χ3n) is 5.13. The van der Waals surface area contributed by atoms with Crippen LogP contribution in [0.25, 0.3) is 45.0 Å². The summed E-state index contributed by atoms with van der Waals surface area (Å²) in [5.74, 6) is 1.33. The predicted molar refractivity (Wildman–Crippen MR) is 126 cm³/mol. The Balaban J connectivity index is 1.50. The van der Waals surface area contributed by atoms with Crippen LogP contribution in [0.15, 0.2) is 109 Å². The fraction of sp³-hybridized carbons (Fsp3) is 0. The zero-order chi connectivity index (χ0) is 21.0. The molecule has 5 aromatic rings. The molecule has 0 radical (unpaired) electrons. The van der Waals surface area contributed by atoms with Gasteiger partial charge >= 0.3 is 0 Å². The van der Waals surface area contributed by atoms with Crippen molar-refractivity contribution in [3.8, 4) is 45.0 Å². The third-order valence-corrected chi connectivity index (χ3v) is 5.13. The molecule has 1 heterocycles. The standard InChI is InChI=1S/C27H20N4/c28-27-30-25(22-16-14-21(15-17-22)19-8-3-1-4-9-19)29-26(31-27)24-13-7-12-23(18-24)20-10-5-2-6-11-20/h1-18H,(H2,28,29,30,31). The van der Waals surface area contributed by atoms with Crippen molar-refractivity contribution in [1.29, 1.82) is 0 Å². The van der Waals surface area contributed by atoms with Crippen LogP contribution in [0.1, 0.15) is 0 Å². The lowest BCUT2D eigenvalue weighted by Gasteiger charge is -2.08. The lowest BCUT2D eigenvalue weighted by molar-refractivity contribution is 1.08. The highest BCUT2D eigenvalue weighted by atomic mass is 15.1. The molecule has 2 N–H and O–H groups in total. The molecular formula is C27H20N4. The highest BCUT2D eigenvalue weighted by Gasteiger charge is 2.10. The first-order valence-electron chi connectivity index (χ1n) is 10.1. The molecular weight excluding hydrogens is 380 g/mol. The van der Waals surface area contributed by atoms with Crippen LogP contribution in [-0.4, -0.2) is 15.0 Å². The Morgan fingerprint density at radius 3 is 1.48 bits per heavy atom. The van der Waals surface area contributed by atoms with E-state index in [0.717, 1.165) is 27.8 Å². The van der Waals surface area contributed by atoms with Gasteiger partial charge < -0.3 is 5.73 Å². The van der Waals surface area contributed by atoms with Crippen molar-refractivity contribution in [1.82, 2.24) is 15.0 Å². The van der Waals surface area contributed by atoms with Crippen LogP contribution in [0.2, 0.25) is 0 Å². The van der Waals surface area contributed by atoms with E-state index >= 15 is 0 Å². The van der Waals surface area contributed by atoms with E-state index in [1.54, 1.807) is 0 Å². The smallest absolute Gasteiger partial charge is 0.224 e. The topological polar surface area (TPSA) is 64.7 Å². The molecule has 4 heteroatoms. The first-order valence-corrected chi connectivity index (χ1v) is 10.1. The quantitative estimate of drug-likeness (QED) is 0.395. The molecule has 148 valence electrons. The summed E-state index contributed by atoms with van der Waals surface area (Å²) in [5.41, 5.74) is 12.4. The Labute approximate surface area is 181 Å². The van der Waals surface area contributed by atoms with Crippen molar-refractivity contribution >= 4 is 5.95 Å². The molecule has 0 unspecified atom stereocenters. The molecule has 0 aliphatic rings. The Kier molecular flexibility index (Phi) is 4.95. The average Bonchev–Trinajstić information content (AvgIpc) is 2.85. The Morgan fingerprint density at radius 1 is 0.387 bits per heavy atom. The van der Waals surface area contributed by atoms with Crippen LogP contribution in [-0.2, 0) is 0 Å². The minimum Gasteiger partial charge on any atom is -0.368 e. The maximum absolute atomic E-state index is 6.04. The minimum absolute atomic E-state index is 0.206. The zero-order valence-corrected chi connectivity index (χ0v) is 16.8. The molecule has 0 amide bonds. The molecule has 1 aromatic heterocycles. The van der Waals surface area contributed by atoms with E-state index in [1.165, 1.54) is 5.56 Å². The second-order valence-electron chi connectivity index (χ2n) is 7.23. The third kappa shape index (κ3) is 4.05. The van der Waals surface area contributed by atoms with Crippen LogP contribution in [0, 0.1) is 0 Å². The number of aromatic nitrogens is 3. The van der Waals surface area contributed by atoms with Crippen molar-refractivity contribution in [2.45, 2.75) is 0 Å². The Hall–Kier alpha value is -4.31. The fourth-order valence-electron chi connectivity index (χ4n) is 3.56. The zero-order valence-electron chi connectivity index (χ0n) is 16.8. The van der Waals surface area contributed by atoms with Crippen molar-refractivity contribution < 1.29 is 0 Å². The van der Waals surface area contributed by atoms with Gasteiger partial charge in [-0.1, -0.05) is 103 Å². The monoisotopic (exact) mass is 400 g/mol. The molecule has 0 bridgehead atoms. The lowest BCUT2D eigenvalue weighted by Crippen LogP contribution is -2.02. The molecule has 5 rings (SSSR count). The maximum Gasteiger partial charge on any atom is 0.224 e. The van der Waals surface area contributed by atoms with Gasteiger partial charge in [0.15, 0.2) is 11.6 Å². The van der Waals surface area contributed by atoms with Gasteiger partial charge in [0.2, 0.25) is 5.95 Å². The molecule has 0 fully saturated rings. The van der Waals surface area contributed by atoms with E-state index < -0.39 is 0 Å². The number of hydrogen-bond acceptors (Lipinski definition) is 4. The van der Waals surface area contributed by atoms with Gasteiger partial charge in [0.05, 0.1) is 0 Å². The first kappa shape index (κ1) is 18.7. The average molecular weight is 400 g/mol. The van der Waals surface area contributed by atoms with Gasteiger partial charge in [0, 0.05) is 11.1 Å². The first-order chi connectivity index (χ1) is 15.3. The highest BCUT2D eigenvalue weighted by molar-refractivity contribution is 5.72. The summed E-state index contributed by atoms with van der Waals surface area (Å²) in [4.78, 5) is 13.5. The maximum atomic E-state index is 6.04. The number of rotatable bonds is 4. The summed E-state index contributed by atoms with van der Waals surface area (Å²) >= 11 is 0. The summed E-state index contributed by atoms with van der Waals surface area (Å²) in [6, 6.07) is 36.8. The van der Waals surface area contributed by atoms with Crippen LogP contribution < -0.4 is 5.73 Å². The van der Waals surface area contributed by atoms with Gasteiger partial charge in [0.25, 0.3) is 0 Å². The normalized spacial score (nSPS) is 10.7. The second-order valence-corrected chi connectivity index (χ2v) is 7.23. The molecule has 0 saturated carbocycles. The van der Waals surface area contributed by atoms with Gasteiger partial charge in [0.1, 0.15) is 0 Å². The molecule has 31 heavy (non-hydrogen) atoms. The van der Waals surface area contributed by atoms with Crippen molar-refractivity contribution in [2.75, 3.05) is 5.73 Å². The number of nitrogens with zero attached hydrogens (tertiary/aromatic N) is 3. The summed E-state index contributed by atoms with van der Waals surface area (Å²) in [6.07, 6.45) is 0. The minimum atomic E-state index is 0.206. The van der Waals surface area contributed by atoms with Crippen LogP contribution in [0.3, 0.4) is 0 Å². The van der Waals surface area contributed by atoms with E-state index in [1.807, 2.05) is 60.7 Å². The summed E-state index contributed by atoms with van der Waals surface area (Å²) < 4.78 is 0. The van der Waals surface area contributed by atoms with Gasteiger partial charge in [-0.2, -0.15) is 9.97 Å². The van der Waals surface area contributed by atoms with Crippen LogP contribution >= 0.6 is 0 Å². The van der Waals surface area contributed by atoms with E-state index in [-0.39, 0.29) is 5.95 Å². The van der Waals surface area contributed by atoms with Crippen LogP contribution in [0.5, 0.6) is 0 Å². The van der Waals surface area contributed by atoms with E-state index in [9.17, 15) is 0 Å². The number of anilines is 1. The van der Waals surface area contributed by atoms with Gasteiger partial charge in [-0.15, -0.1) is 0 Å². The largest absolute Gasteiger partial charge is 0.368 e. The summed E-state index contributed by atoms with van der Waals surface area (Å²) in [7, 11) is 0. The van der Waals surface area contributed by atoms with Gasteiger partial charge in [-0.05, 0) is 28.3 Å². The SMILES string of the molecule is Nc1nc(-c2ccc(-c3ccccc3)cc2)nc(-c2cccc(-c3ccccc3)c2)n1. The number of benzene rings is 4. The molecule has 0 aliphatic heterocycles. The fourth-order valence-corrected chi connectivity index (χ4v) is 3.56. The predicted octanol–water partition coefficient (Wildman–Crippen LogP) is 6.12. The molecule has 0 aliphatic carbocycles. The Morgan fingerprint density at radius 2 is 0.839 bits per heavy atom. The molecule has 4 nitrogen and oxygen atoms in total. The summed E-state index contributed by atoms with van der Waals surface area (Å²) in [5, 5.41) is 0. The van der Waals surface area contributed by atoms with Gasteiger partial charge in [-0.25, -0.2) is 4.98 Å². The van der Waals surface area contributed by atoms with Gasteiger partial charge in [-0.3, -0.25) is 0 Å². The molecule has 0 spiro atoms. The Bertz CT molecular complexity index is 1310. The van der Waals surface area contributed by atoms with Crippen molar-refractivity contribution in [3.63, 3.8) is 0 Å². The molecule has 4 aromatic carbocycles. The molecule has 0 atom stereocenters. The molecule has 0 saturated heterocycles. The highest BCUT2D eigenvalue weighted by Crippen LogP contribution is 2.27. The number of hydrogen-bond donors (Lipinski definition) is 1. The van der Waals surface area contributed by atoms with E-state index in [2.05, 4.69) is 58.5 Å². The lowest BCUT2D eigenvalue weighted by atomic mass is 10.0. The second kappa shape index (κ2) is 8.20.